The number of halogens is 1. The quantitative estimate of drug-likeness (QED) is 0.283. The van der Waals surface area contributed by atoms with Crippen molar-refractivity contribution in [3.63, 3.8) is 0 Å². The molecule has 1 amide bonds. The lowest BCUT2D eigenvalue weighted by Gasteiger charge is -2.23. The maximum atomic E-state index is 15.1. The highest BCUT2D eigenvalue weighted by molar-refractivity contribution is 5.87. The zero-order valence-corrected chi connectivity index (χ0v) is 21.6. The molecule has 5 rings (SSSR count). The molecule has 9 nitrogen and oxygen atoms in total. The van der Waals surface area contributed by atoms with Crippen molar-refractivity contribution < 1.29 is 9.18 Å². The van der Waals surface area contributed by atoms with Gasteiger partial charge in [0, 0.05) is 36.6 Å². The second-order valence-corrected chi connectivity index (χ2v) is 9.61. The molecule has 0 spiro atoms. The van der Waals surface area contributed by atoms with E-state index in [9.17, 15) is 9.59 Å². The summed E-state index contributed by atoms with van der Waals surface area (Å²) in [6.45, 7) is 5.39. The van der Waals surface area contributed by atoms with Crippen LogP contribution in [0.4, 0.5) is 10.2 Å². The van der Waals surface area contributed by atoms with E-state index in [1.54, 1.807) is 41.2 Å². The van der Waals surface area contributed by atoms with Gasteiger partial charge in [-0.2, -0.15) is 0 Å². The molecule has 1 aliphatic rings. The molecule has 1 fully saturated rings. The number of amides is 1. The Labute approximate surface area is 219 Å². The molecule has 0 aliphatic carbocycles. The van der Waals surface area contributed by atoms with Crippen LogP contribution in [0.5, 0.6) is 0 Å². The van der Waals surface area contributed by atoms with Crippen LogP contribution in [0.3, 0.4) is 0 Å². The predicted molar refractivity (Wildman–Crippen MR) is 146 cm³/mol. The first-order valence-corrected chi connectivity index (χ1v) is 13.1. The number of rotatable bonds is 8. The van der Waals surface area contributed by atoms with Crippen molar-refractivity contribution in [1.29, 1.82) is 0 Å². The number of nitrogens with zero attached hydrogens (tertiary/aromatic N) is 3. The summed E-state index contributed by atoms with van der Waals surface area (Å²) in [5, 5.41) is 6.87. The van der Waals surface area contributed by atoms with Crippen molar-refractivity contribution in [2.75, 3.05) is 12.3 Å². The number of fused-ring (bicyclic) bond motifs is 1. The zero-order chi connectivity index (χ0) is 26.8. The van der Waals surface area contributed by atoms with E-state index in [4.69, 9.17) is 5.73 Å². The summed E-state index contributed by atoms with van der Waals surface area (Å²) in [5.41, 5.74) is 8.17. The first-order valence-electron chi connectivity index (χ1n) is 13.1. The van der Waals surface area contributed by atoms with Gasteiger partial charge >= 0.3 is 0 Å². The number of aryl methyl sites for hydroxylation is 1. The van der Waals surface area contributed by atoms with Gasteiger partial charge in [-0.1, -0.05) is 19.1 Å². The van der Waals surface area contributed by atoms with Crippen LogP contribution in [0, 0.1) is 5.82 Å². The lowest BCUT2D eigenvalue weighted by Crippen LogP contribution is -2.47. The van der Waals surface area contributed by atoms with Crippen molar-refractivity contribution in [3.05, 3.63) is 64.3 Å². The maximum Gasteiger partial charge on any atom is 0.224 e. The Morgan fingerprint density at radius 1 is 1.29 bits per heavy atom. The number of hydrogen-bond donors (Lipinski definition) is 4. The normalized spacial score (nSPS) is 16.1. The molecule has 5 N–H and O–H groups in total. The van der Waals surface area contributed by atoms with E-state index in [0.29, 0.717) is 45.8 Å². The highest BCUT2D eigenvalue weighted by Gasteiger charge is 2.25. The van der Waals surface area contributed by atoms with Crippen molar-refractivity contribution in [3.8, 4) is 22.6 Å². The van der Waals surface area contributed by atoms with E-state index in [2.05, 4.69) is 25.6 Å². The molecular weight excluding hydrogens is 485 g/mol. The van der Waals surface area contributed by atoms with Gasteiger partial charge in [0.1, 0.15) is 28.7 Å². The third kappa shape index (κ3) is 4.79. The third-order valence-electron chi connectivity index (χ3n) is 7.27. The molecule has 0 radical (unpaired) electrons. The molecule has 2 atom stereocenters. The summed E-state index contributed by atoms with van der Waals surface area (Å²) in [7, 11) is 0. The number of anilines is 1. The Hall–Kier alpha value is -4.05. The van der Waals surface area contributed by atoms with Gasteiger partial charge in [-0.05, 0) is 56.5 Å². The van der Waals surface area contributed by atoms with Crippen LogP contribution in [-0.2, 0) is 17.8 Å². The molecule has 1 saturated heterocycles. The van der Waals surface area contributed by atoms with E-state index in [1.807, 2.05) is 13.8 Å². The monoisotopic (exact) mass is 517 g/mol. The minimum absolute atomic E-state index is 0.0334. The number of hydrogen-bond acceptors (Lipinski definition) is 6. The van der Waals surface area contributed by atoms with Crippen LogP contribution >= 0.6 is 0 Å². The third-order valence-corrected chi connectivity index (χ3v) is 7.27. The average Bonchev–Trinajstić information content (AvgIpc) is 3.64. The molecule has 2 unspecified atom stereocenters. The van der Waals surface area contributed by atoms with Crippen LogP contribution in [0.2, 0.25) is 0 Å². The lowest BCUT2D eigenvalue weighted by molar-refractivity contribution is -0.121. The number of aromatic amines is 1. The predicted octanol–water partition coefficient (Wildman–Crippen LogP) is 3.38. The highest BCUT2D eigenvalue weighted by Crippen LogP contribution is 2.27. The molecule has 4 heterocycles. The second kappa shape index (κ2) is 10.7. The van der Waals surface area contributed by atoms with E-state index in [1.165, 1.54) is 6.07 Å². The molecule has 0 saturated carbocycles. The number of H-pyrrole nitrogens is 1. The van der Waals surface area contributed by atoms with Crippen LogP contribution in [-0.4, -0.2) is 44.1 Å². The summed E-state index contributed by atoms with van der Waals surface area (Å²) in [5.74, 6) is -0.0227. The largest absolute Gasteiger partial charge is 0.384 e. The molecule has 38 heavy (non-hydrogen) atoms. The summed E-state index contributed by atoms with van der Waals surface area (Å²) < 4.78 is 16.9. The summed E-state index contributed by atoms with van der Waals surface area (Å²) >= 11 is 0. The Bertz CT molecular complexity index is 1520. The molecule has 3 aromatic heterocycles. The Kier molecular flexibility index (Phi) is 7.24. The second-order valence-electron chi connectivity index (χ2n) is 9.61. The number of benzene rings is 1. The van der Waals surface area contributed by atoms with Gasteiger partial charge in [-0.3, -0.25) is 9.59 Å². The van der Waals surface area contributed by atoms with Gasteiger partial charge in [0.15, 0.2) is 0 Å². The fourth-order valence-corrected chi connectivity index (χ4v) is 5.27. The smallest absolute Gasteiger partial charge is 0.224 e. The van der Waals surface area contributed by atoms with Crippen molar-refractivity contribution in [2.45, 2.75) is 58.2 Å². The molecule has 1 aliphatic heterocycles. The zero-order valence-electron chi connectivity index (χ0n) is 21.6. The van der Waals surface area contributed by atoms with E-state index in [-0.39, 0.29) is 35.7 Å². The number of carbonyl (C=O) groups is 1. The van der Waals surface area contributed by atoms with Gasteiger partial charge in [0.05, 0.1) is 17.5 Å². The topological polar surface area (TPSA) is 131 Å². The van der Waals surface area contributed by atoms with Crippen LogP contribution in [0.1, 0.15) is 38.7 Å². The Balaban J connectivity index is 1.42. The summed E-state index contributed by atoms with van der Waals surface area (Å²) in [4.78, 5) is 37.7. The van der Waals surface area contributed by atoms with E-state index in [0.717, 1.165) is 25.8 Å². The number of nitrogens with one attached hydrogen (secondary N) is 3. The first-order chi connectivity index (χ1) is 18.4. The van der Waals surface area contributed by atoms with Crippen LogP contribution < -0.4 is 21.8 Å². The van der Waals surface area contributed by atoms with E-state index < -0.39 is 5.82 Å². The highest BCUT2D eigenvalue weighted by atomic mass is 19.1. The number of aromatic nitrogens is 4. The van der Waals surface area contributed by atoms with Crippen molar-refractivity contribution >= 4 is 22.8 Å². The number of pyridine rings is 2. The van der Waals surface area contributed by atoms with Crippen LogP contribution in [0.15, 0.2) is 47.5 Å². The van der Waals surface area contributed by atoms with E-state index >= 15 is 4.39 Å². The molecule has 10 heteroatoms. The van der Waals surface area contributed by atoms with Gasteiger partial charge < -0.3 is 25.9 Å². The van der Waals surface area contributed by atoms with Gasteiger partial charge in [0.2, 0.25) is 11.3 Å². The standard InChI is InChI=1S/C28H32FN7O2/c1-3-20(22-6-5-11-31-22)34-23(37)15-16-7-8-17(14-19(16)29)21-10-9-18-25(38)24(27-32-12-13-33-27)26(30)36(4-2)28(18)35-21/h7-10,12-14,20,22,31H,3-6,11,15,30H2,1-2H3,(H,32,33)(H,34,37). The number of carbonyl (C=O) groups excluding carboxylic acids is 1. The SMILES string of the molecule is CCC(NC(=O)Cc1ccc(-c2ccc3c(=O)c(-c4ncc[nH]4)c(N)n(CC)c3n2)cc1F)C1CCCN1. The molecular formula is C28H32FN7O2. The van der Waals surface area contributed by atoms with Crippen molar-refractivity contribution in [1.82, 2.24) is 30.2 Å². The molecule has 0 bridgehead atoms. The minimum Gasteiger partial charge on any atom is -0.384 e. The molecule has 1 aromatic carbocycles. The molecule has 4 aromatic rings. The first kappa shape index (κ1) is 25.6. The number of nitrogen functional groups attached to an aromatic ring is 1. The van der Waals surface area contributed by atoms with Gasteiger partial charge in [-0.15, -0.1) is 0 Å². The Morgan fingerprint density at radius 2 is 2.13 bits per heavy atom. The molecule has 198 valence electrons. The van der Waals surface area contributed by atoms with Crippen molar-refractivity contribution in [2.24, 2.45) is 0 Å². The number of nitrogens with two attached hydrogens (primary N) is 1. The Morgan fingerprint density at radius 3 is 2.79 bits per heavy atom. The average molecular weight is 518 g/mol. The summed E-state index contributed by atoms with van der Waals surface area (Å²) in [6.07, 6.45) is 6.10. The van der Waals surface area contributed by atoms with Gasteiger partial charge in [0.25, 0.3) is 0 Å². The summed E-state index contributed by atoms with van der Waals surface area (Å²) in [6, 6.07) is 8.40. The fraction of sp³-hybridized carbons (Fsp3) is 0.357. The lowest BCUT2D eigenvalue weighted by atomic mass is 10.0. The minimum atomic E-state index is -0.479. The van der Waals surface area contributed by atoms with Gasteiger partial charge in [-0.25, -0.2) is 14.4 Å². The maximum absolute atomic E-state index is 15.1. The fourth-order valence-electron chi connectivity index (χ4n) is 5.27. The van der Waals surface area contributed by atoms with Crippen LogP contribution in [0.25, 0.3) is 33.7 Å². The number of imidazole rings is 1.